The molecule has 1 aliphatic rings. The normalized spacial score (nSPS) is 15.4. The molecule has 0 spiro atoms. The predicted molar refractivity (Wildman–Crippen MR) is 141 cm³/mol. The van der Waals surface area contributed by atoms with Crippen LogP contribution in [0.25, 0.3) is 0 Å². The zero-order valence-corrected chi connectivity index (χ0v) is 21.7. The van der Waals surface area contributed by atoms with Crippen LogP contribution in [0.4, 0.5) is 5.69 Å². The average molecular weight is 568 g/mol. The molecule has 1 heterocycles. The van der Waals surface area contributed by atoms with Crippen LogP contribution >= 0.6 is 24.0 Å². The van der Waals surface area contributed by atoms with Crippen molar-refractivity contribution in [2.24, 2.45) is 4.99 Å². The summed E-state index contributed by atoms with van der Waals surface area (Å²) in [6.45, 7) is 4.48. The quantitative estimate of drug-likeness (QED) is 0.243. The number of hydrogen-bond donors (Lipinski definition) is 3. The number of rotatable bonds is 9. The van der Waals surface area contributed by atoms with Crippen molar-refractivity contribution in [2.45, 2.75) is 39.0 Å². The molecule has 0 aliphatic carbocycles. The number of nitrogens with one attached hydrogen (secondary N) is 3. The summed E-state index contributed by atoms with van der Waals surface area (Å²) in [4.78, 5) is 17.0. The van der Waals surface area contributed by atoms with Gasteiger partial charge in [-0.05, 0) is 55.2 Å². The molecule has 1 aliphatic heterocycles. The summed E-state index contributed by atoms with van der Waals surface area (Å²) in [7, 11) is 3.24. The highest BCUT2D eigenvalue weighted by Gasteiger charge is 2.23. The van der Waals surface area contributed by atoms with Crippen molar-refractivity contribution < 1.29 is 19.0 Å². The van der Waals surface area contributed by atoms with Gasteiger partial charge in [-0.1, -0.05) is 18.2 Å². The highest BCUT2D eigenvalue weighted by atomic mass is 127. The second kappa shape index (κ2) is 13.9. The predicted octanol–water partition coefficient (Wildman–Crippen LogP) is 3.69. The van der Waals surface area contributed by atoms with Crippen LogP contribution in [0.3, 0.4) is 0 Å². The zero-order valence-electron chi connectivity index (χ0n) is 19.3. The van der Waals surface area contributed by atoms with E-state index in [9.17, 15) is 4.79 Å². The Hall–Kier alpha value is -2.53. The van der Waals surface area contributed by atoms with Gasteiger partial charge in [0.2, 0.25) is 0 Å². The van der Waals surface area contributed by atoms with Gasteiger partial charge in [0.15, 0.2) is 17.5 Å². The Labute approximate surface area is 212 Å². The molecule has 33 heavy (non-hydrogen) atoms. The maximum atomic E-state index is 12.3. The monoisotopic (exact) mass is 568 g/mol. The molecule has 180 valence electrons. The highest BCUT2D eigenvalue weighted by molar-refractivity contribution is 14.0. The molecule has 2 aromatic rings. The fraction of sp³-hybridized carbons (Fsp3) is 0.417. The molecule has 3 rings (SSSR count). The number of carbonyl (C=O) groups is 1. The van der Waals surface area contributed by atoms with E-state index >= 15 is 0 Å². The Kier molecular flexibility index (Phi) is 11.2. The lowest BCUT2D eigenvalue weighted by atomic mass is 10.2. The van der Waals surface area contributed by atoms with E-state index in [1.165, 1.54) is 0 Å². The third-order valence-corrected chi connectivity index (χ3v) is 5.09. The summed E-state index contributed by atoms with van der Waals surface area (Å²) < 4.78 is 16.1. The number of nitrogens with zero attached hydrogens (tertiary/aromatic N) is 1. The van der Waals surface area contributed by atoms with Crippen LogP contribution in [0.5, 0.6) is 11.5 Å². The van der Waals surface area contributed by atoms with E-state index in [-0.39, 0.29) is 36.0 Å². The molecular weight excluding hydrogens is 535 g/mol. The molecule has 0 aromatic heterocycles. The van der Waals surface area contributed by atoms with Crippen LogP contribution in [-0.4, -0.2) is 45.3 Å². The fourth-order valence-corrected chi connectivity index (χ4v) is 3.44. The SMILES string of the molecule is CCNC(=NCc1cccc(NC(=O)C2CCCO2)c1)NCc1ccc(OC)c(OC)c1.I. The Morgan fingerprint density at radius 1 is 1.09 bits per heavy atom. The number of hydrogen-bond acceptors (Lipinski definition) is 5. The van der Waals surface area contributed by atoms with Gasteiger partial charge in [0.1, 0.15) is 6.10 Å². The minimum Gasteiger partial charge on any atom is -0.493 e. The number of amides is 1. The molecular formula is C24H33IN4O4. The summed E-state index contributed by atoms with van der Waals surface area (Å²) in [5.74, 6) is 2.00. The molecule has 0 saturated carbocycles. The topological polar surface area (TPSA) is 93.2 Å². The van der Waals surface area contributed by atoms with Crippen LogP contribution in [0, 0.1) is 0 Å². The molecule has 8 nitrogen and oxygen atoms in total. The number of guanidine groups is 1. The van der Waals surface area contributed by atoms with Crippen molar-refractivity contribution in [3.8, 4) is 11.5 Å². The fourth-order valence-electron chi connectivity index (χ4n) is 3.44. The molecule has 1 fully saturated rings. The first-order valence-electron chi connectivity index (χ1n) is 10.9. The number of methoxy groups -OCH3 is 2. The second-order valence-corrected chi connectivity index (χ2v) is 7.43. The summed E-state index contributed by atoms with van der Waals surface area (Å²) >= 11 is 0. The van der Waals surface area contributed by atoms with Crippen LogP contribution < -0.4 is 25.4 Å². The number of aliphatic imine (C=N–C) groups is 1. The van der Waals surface area contributed by atoms with Gasteiger partial charge < -0.3 is 30.2 Å². The average Bonchev–Trinajstić information content (AvgIpc) is 3.36. The van der Waals surface area contributed by atoms with Gasteiger partial charge in [-0.25, -0.2) is 4.99 Å². The van der Waals surface area contributed by atoms with Gasteiger partial charge in [-0.15, -0.1) is 24.0 Å². The molecule has 0 radical (unpaired) electrons. The van der Waals surface area contributed by atoms with Gasteiger partial charge >= 0.3 is 0 Å². The standard InChI is InChI=1S/C24H32N4O4.HI/c1-4-25-24(27-16-18-10-11-20(30-2)22(14-18)31-3)26-15-17-7-5-8-19(13-17)28-23(29)21-9-6-12-32-21;/h5,7-8,10-11,13-14,21H,4,6,9,12,15-16H2,1-3H3,(H,28,29)(H2,25,26,27);1H. The second-order valence-electron chi connectivity index (χ2n) is 7.43. The first-order valence-corrected chi connectivity index (χ1v) is 10.9. The zero-order chi connectivity index (χ0) is 22.8. The lowest BCUT2D eigenvalue weighted by Crippen LogP contribution is -2.36. The first-order chi connectivity index (χ1) is 15.6. The number of carbonyl (C=O) groups excluding carboxylic acids is 1. The minimum absolute atomic E-state index is 0. The minimum atomic E-state index is -0.349. The van der Waals surface area contributed by atoms with E-state index in [4.69, 9.17) is 14.2 Å². The smallest absolute Gasteiger partial charge is 0.253 e. The Morgan fingerprint density at radius 3 is 2.61 bits per heavy atom. The maximum Gasteiger partial charge on any atom is 0.253 e. The molecule has 1 atom stereocenters. The molecule has 0 bridgehead atoms. The van der Waals surface area contributed by atoms with Crippen molar-refractivity contribution in [3.05, 3.63) is 53.6 Å². The summed E-state index contributed by atoms with van der Waals surface area (Å²) in [5, 5.41) is 9.53. The van der Waals surface area contributed by atoms with Gasteiger partial charge in [0.25, 0.3) is 5.91 Å². The molecule has 1 amide bonds. The number of ether oxygens (including phenoxy) is 3. The Balaban J connectivity index is 0.00000385. The van der Waals surface area contributed by atoms with E-state index in [2.05, 4.69) is 20.9 Å². The van der Waals surface area contributed by atoms with Gasteiger partial charge in [-0.2, -0.15) is 0 Å². The number of anilines is 1. The third kappa shape index (κ3) is 8.08. The maximum absolute atomic E-state index is 12.3. The van der Waals surface area contributed by atoms with Crippen molar-refractivity contribution in [1.29, 1.82) is 0 Å². The molecule has 3 N–H and O–H groups in total. The Morgan fingerprint density at radius 2 is 1.91 bits per heavy atom. The third-order valence-electron chi connectivity index (χ3n) is 5.09. The van der Waals surface area contributed by atoms with Crippen LogP contribution in [0.15, 0.2) is 47.5 Å². The number of benzene rings is 2. The van der Waals surface area contributed by atoms with Gasteiger partial charge in [-0.3, -0.25) is 4.79 Å². The van der Waals surface area contributed by atoms with E-state index in [1.54, 1.807) is 14.2 Å². The largest absolute Gasteiger partial charge is 0.493 e. The van der Waals surface area contributed by atoms with Crippen molar-refractivity contribution in [2.75, 3.05) is 32.7 Å². The van der Waals surface area contributed by atoms with Crippen molar-refractivity contribution in [1.82, 2.24) is 10.6 Å². The van der Waals surface area contributed by atoms with Gasteiger partial charge in [0.05, 0.1) is 20.8 Å². The van der Waals surface area contributed by atoms with E-state index < -0.39 is 0 Å². The summed E-state index contributed by atoms with van der Waals surface area (Å²) in [5.41, 5.74) is 2.80. The van der Waals surface area contributed by atoms with E-state index in [0.29, 0.717) is 37.2 Å². The van der Waals surface area contributed by atoms with Crippen molar-refractivity contribution >= 4 is 41.5 Å². The van der Waals surface area contributed by atoms with E-state index in [1.807, 2.05) is 49.4 Å². The molecule has 2 aromatic carbocycles. The summed E-state index contributed by atoms with van der Waals surface area (Å²) in [6, 6.07) is 13.5. The van der Waals surface area contributed by atoms with E-state index in [0.717, 1.165) is 36.2 Å². The first kappa shape index (κ1) is 26.7. The highest BCUT2D eigenvalue weighted by Crippen LogP contribution is 2.27. The summed E-state index contributed by atoms with van der Waals surface area (Å²) in [6.07, 6.45) is 1.35. The molecule has 1 saturated heterocycles. The molecule has 9 heteroatoms. The lowest BCUT2D eigenvalue weighted by molar-refractivity contribution is -0.124. The lowest BCUT2D eigenvalue weighted by Gasteiger charge is -2.14. The Bertz CT molecular complexity index is 932. The van der Waals surface area contributed by atoms with Crippen LogP contribution in [0.1, 0.15) is 30.9 Å². The van der Waals surface area contributed by atoms with Crippen LogP contribution in [-0.2, 0) is 22.6 Å². The van der Waals surface area contributed by atoms with Gasteiger partial charge in [0, 0.05) is 25.4 Å². The van der Waals surface area contributed by atoms with Crippen LogP contribution in [0.2, 0.25) is 0 Å². The molecule has 1 unspecified atom stereocenters. The van der Waals surface area contributed by atoms with Crippen molar-refractivity contribution in [3.63, 3.8) is 0 Å². The number of halogens is 1.